The Morgan fingerprint density at radius 2 is 2.13 bits per heavy atom. The monoisotopic (exact) mass is 202 g/mol. The van der Waals surface area contributed by atoms with Crippen LogP contribution in [-0.4, -0.2) is 5.91 Å². The molecule has 1 amide bonds. The summed E-state index contributed by atoms with van der Waals surface area (Å²) >= 11 is 0. The quantitative estimate of drug-likeness (QED) is 0.810. The van der Waals surface area contributed by atoms with Crippen LogP contribution in [0.5, 0.6) is 0 Å². The van der Waals surface area contributed by atoms with Gasteiger partial charge in [0, 0.05) is 13.0 Å². The highest BCUT2D eigenvalue weighted by Crippen LogP contribution is 2.01. The van der Waals surface area contributed by atoms with Crippen molar-refractivity contribution in [3.63, 3.8) is 0 Å². The van der Waals surface area contributed by atoms with E-state index in [1.54, 1.807) is 6.92 Å². The van der Waals surface area contributed by atoms with Crippen molar-refractivity contribution in [2.75, 3.05) is 0 Å². The number of benzene rings is 1. The highest BCUT2D eigenvalue weighted by molar-refractivity contribution is 5.76. The maximum atomic E-state index is 11.3. The highest BCUT2D eigenvalue weighted by atomic mass is 16.1. The third-order valence-corrected chi connectivity index (χ3v) is 2.04. The Balaban J connectivity index is 2.32. The van der Waals surface area contributed by atoms with E-state index in [1.807, 2.05) is 36.4 Å². The van der Waals surface area contributed by atoms with E-state index in [1.165, 1.54) is 0 Å². The minimum atomic E-state index is -0.222. The highest BCUT2D eigenvalue weighted by Gasteiger charge is 2.06. The van der Waals surface area contributed by atoms with Crippen LogP contribution in [0.25, 0.3) is 0 Å². The van der Waals surface area contributed by atoms with Crippen LogP contribution in [0.2, 0.25) is 0 Å². The molecule has 1 atom stereocenters. The number of nitrogens with one attached hydrogen (secondary N) is 1. The van der Waals surface area contributed by atoms with Gasteiger partial charge in [0.15, 0.2) is 0 Å². The van der Waals surface area contributed by atoms with E-state index >= 15 is 0 Å². The Labute approximate surface area is 89.7 Å². The molecule has 0 fully saturated rings. The van der Waals surface area contributed by atoms with Gasteiger partial charge >= 0.3 is 0 Å². The number of amides is 1. The molecule has 1 N–H and O–H groups in total. The average molecular weight is 202 g/mol. The number of carbonyl (C=O) groups is 1. The zero-order chi connectivity index (χ0) is 11.1. The van der Waals surface area contributed by atoms with E-state index in [0.29, 0.717) is 6.54 Å². The van der Waals surface area contributed by atoms with Crippen molar-refractivity contribution in [3.8, 4) is 6.07 Å². The molecule has 15 heavy (non-hydrogen) atoms. The largest absolute Gasteiger partial charge is 0.352 e. The standard InChI is InChI=1S/C12H14N2O/c1-10(8-13)7-12(15)14-9-11-5-3-2-4-6-11/h2-6,10H,7,9H2,1H3,(H,14,15). The number of nitrogens with zero attached hydrogens (tertiary/aromatic N) is 1. The molecule has 1 rings (SSSR count). The van der Waals surface area contributed by atoms with Gasteiger partial charge in [0.2, 0.25) is 5.91 Å². The van der Waals surface area contributed by atoms with Gasteiger partial charge in [0.05, 0.1) is 12.0 Å². The van der Waals surface area contributed by atoms with Crippen molar-refractivity contribution in [2.24, 2.45) is 5.92 Å². The van der Waals surface area contributed by atoms with Gasteiger partial charge in [0.25, 0.3) is 0 Å². The van der Waals surface area contributed by atoms with Gasteiger partial charge in [-0.05, 0) is 12.5 Å². The molecule has 0 heterocycles. The summed E-state index contributed by atoms with van der Waals surface area (Å²) in [5, 5.41) is 11.3. The lowest BCUT2D eigenvalue weighted by molar-refractivity contribution is -0.121. The summed E-state index contributed by atoms with van der Waals surface area (Å²) in [6, 6.07) is 11.7. The smallest absolute Gasteiger partial charge is 0.221 e. The summed E-state index contributed by atoms with van der Waals surface area (Å²) in [7, 11) is 0. The Morgan fingerprint density at radius 1 is 1.47 bits per heavy atom. The van der Waals surface area contributed by atoms with Crippen molar-refractivity contribution in [3.05, 3.63) is 35.9 Å². The van der Waals surface area contributed by atoms with Crippen molar-refractivity contribution in [1.82, 2.24) is 5.32 Å². The Morgan fingerprint density at radius 3 is 2.73 bits per heavy atom. The minimum absolute atomic E-state index is 0.0760. The van der Waals surface area contributed by atoms with Crippen molar-refractivity contribution in [1.29, 1.82) is 5.26 Å². The van der Waals surface area contributed by atoms with Gasteiger partial charge in [-0.25, -0.2) is 0 Å². The Hall–Kier alpha value is -1.82. The lowest BCUT2D eigenvalue weighted by Crippen LogP contribution is -2.24. The number of hydrogen-bond donors (Lipinski definition) is 1. The van der Waals surface area contributed by atoms with E-state index in [4.69, 9.17) is 5.26 Å². The fourth-order valence-corrected chi connectivity index (χ4v) is 1.19. The zero-order valence-electron chi connectivity index (χ0n) is 8.73. The molecule has 1 aromatic carbocycles. The van der Waals surface area contributed by atoms with Gasteiger partial charge in [-0.3, -0.25) is 4.79 Å². The van der Waals surface area contributed by atoms with Crippen LogP contribution in [0.4, 0.5) is 0 Å². The molecule has 3 nitrogen and oxygen atoms in total. The summed E-state index contributed by atoms with van der Waals surface area (Å²) < 4.78 is 0. The van der Waals surface area contributed by atoms with Crippen LogP contribution in [0, 0.1) is 17.2 Å². The first-order valence-electron chi connectivity index (χ1n) is 4.92. The fraction of sp³-hybridized carbons (Fsp3) is 0.333. The van der Waals surface area contributed by atoms with Crippen LogP contribution < -0.4 is 5.32 Å². The van der Waals surface area contributed by atoms with Crippen LogP contribution in [0.3, 0.4) is 0 Å². The van der Waals surface area contributed by atoms with Gasteiger partial charge < -0.3 is 5.32 Å². The number of rotatable bonds is 4. The number of hydrogen-bond acceptors (Lipinski definition) is 2. The van der Waals surface area contributed by atoms with Crippen LogP contribution in [0.15, 0.2) is 30.3 Å². The molecule has 78 valence electrons. The third-order valence-electron chi connectivity index (χ3n) is 2.04. The molecule has 0 aliphatic heterocycles. The van der Waals surface area contributed by atoms with E-state index in [9.17, 15) is 4.79 Å². The minimum Gasteiger partial charge on any atom is -0.352 e. The van der Waals surface area contributed by atoms with E-state index in [0.717, 1.165) is 5.56 Å². The Kier molecular flexibility index (Phi) is 4.36. The molecule has 3 heteroatoms. The topological polar surface area (TPSA) is 52.9 Å². The molecule has 0 aliphatic carbocycles. The van der Waals surface area contributed by atoms with Crippen LogP contribution in [0.1, 0.15) is 18.9 Å². The summed E-state index contributed by atoms with van der Waals surface area (Å²) in [6.07, 6.45) is 0.267. The van der Waals surface area contributed by atoms with E-state index in [-0.39, 0.29) is 18.2 Å². The first-order chi connectivity index (χ1) is 7.22. The average Bonchev–Trinajstić information content (AvgIpc) is 2.27. The third kappa shape index (κ3) is 4.28. The van der Waals surface area contributed by atoms with Crippen molar-refractivity contribution < 1.29 is 4.79 Å². The molecule has 0 spiro atoms. The fourth-order valence-electron chi connectivity index (χ4n) is 1.19. The molecular weight excluding hydrogens is 188 g/mol. The lowest BCUT2D eigenvalue weighted by atomic mass is 10.1. The first kappa shape index (κ1) is 11.3. The summed E-state index contributed by atoms with van der Waals surface area (Å²) in [6.45, 7) is 2.26. The Bertz CT molecular complexity index is 354. The molecule has 0 bridgehead atoms. The molecule has 0 saturated carbocycles. The van der Waals surface area contributed by atoms with Gasteiger partial charge in [0.1, 0.15) is 0 Å². The summed E-state index contributed by atoms with van der Waals surface area (Å²) in [5.41, 5.74) is 1.07. The summed E-state index contributed by atoms with van der Waals surface area (Å²) in [4.78, 5) is 11.3. The SMILES string of the molecule is CC(C#N)CC(=O)NCc1ccccc1. The number of nitriles is 1. The van der Waals surface area contributed by atoms with Gasteiger partial charge in [-0.1, -0.05) is 30.3 Å². The number of carbonyl (C=O) groups excluding carboxylic acids is 1. The van der Waals surface area contributed by atoms with E-state index in [2.05, 4.69) is 5.32 Å². The molecule has 0 aromatic heterocycles. The van der Waals surface area contributed by atoms with E-state index < -0.39 is 0 Å². The maximum Gasteiger partial charge on any atom is 0.221 e. The predicted octanol–water partition coefficient (Wildman–Crippen LogP) is 1.85. The molecule has 0 aliphatic rings. The molecule has 0 saturated heterocycles. The maximum absolute atomic E-state index is 11.3. The normalized spacial score (nSPS) is 11.5. The van der Waals surface area contributed by atoms with Gasteiger partial charge in [-0.2, -0.15) is 5.26 Å². The molecule has 1 aromatic rings. The second-order valence-electron chi connectivity index (χ2n) is 3.50. The first-order valence-corrected chi connectivity index (χ1v) is 4.92. The zero-order valence-corrected chi connectivity index (χ0v) is 8.73. The predicted molar refractivity (Wildman–Crippen MR) is 57.7 cm³/mol. The second kappa shape index (κ2) is 5.82. The van der Waals surface area contributed by atoms with Crippen LogP contribution >= 0.6 is 0 Å². The second-order valence-corrected chi connectivity index (χ2v) is 3.50. The van der Waals surface area contributed by atoms with Crippen molar-refractivity contribution in [2.45, 2.75) is 19.9 Å². The van der Waals surface area contributed by atoms with Crippen molar-refractivity contribution >= 4 is 5.91 Å². The van der Waals surface area contributed by atoms with Crippen LogP contribution in [-0.2, 0) is 11.3 Å². The lowest BCUT2D eigenvalue weighted by Gasteiger charge is -2.05. The summed E-state index contributed by atoms with van der Waals surface area (Å²) in [5.74, 6) is -0.298. The molecule has 0 radical (unpaired) electrons. The molecule has 1 unspecified atom stereocenters. The van der Waals surface area contributed by atoms with Gasteiger partial charge in [-0.15, -0.1) is 0 Å². The molecular formula is C12H14N2O.